The van der Waals surface area contributed by atoms with Gasteiger partial charge in [0, 0.05) is 33.3 Å². The van der Waals surface area contributed by atoms with Crippen LogP contribution in [0.4, 0.5) is 0 Å². The highest BCUT2D eigenvalue weighted by atomic mass is 16.5. The van der Waals surface area contributed by atoms with Crippen LogP contribution in [0.15, 0.2) is 4.99 Å². The lowest BCUT2D eigenvalue weighted by Gasteiger charge is -2.30. The van der Waals surface area contributed by atoms with Crippen molar-refractivity contribution in [2.75, 3.05) is 39.8 Å². The Hall–Kier alpha value is -1.30. The summed E-state index contributed by atoms with van der Waals surface area (Å²) in [5.74, 6) is 0.773. The Kier molecular flexibility index (Phi) is 7.65. The highest BCUT2D eigenvalue weighted by molar-refractivity contribution is 5.85. The van der Waals surface area contributed by atoms with E-state index in [1.54, 1.807) is 7.11 Å². The van der Waals surface area contributed by atoms with Crippen LogP contribution in [0.25, 0.3) is 0 Å². The number of hydrogen-bond donors (Lipinski definition) is 2. The second-order valence-electron chi connectivity index (χ2n) is 6.75. The summed E-state index contributed by atoms with van der Waals surface area (Å²) in [7, 11) is 1.72. The molecule has 0 bridgehead atoms. The fourth-order valence-corrected chi connectivity index (χ4v) is 2.49. The number of aliphatic imine (C=N–C) groups is 1. The van der Waals surface area contributed by atoms with Crippen LogP contribution in [0, 0.1) is 5.41 Å². The van der Waals surface area contributed by atoms with Crippen LogP contribution < -0.4 is 10.6 Å². The first-order valence-electron chi connectivity index (χ1n) is 8.21. The fraction of sp³-hybridized carbons (Fsp3) is 0.875. The number of ether oxygens (including phenoxy) is 1. The molecule has 0 radical (unpaired) electrons. The SMILES string of the molecule is CCNC(=NCC(=O)N1CCCC1)NCC(OC)C(C)(C)C. The zero-order valence-corrected chi connectivity index (χ0v) is 14.7. The molecule has 0 aromatic rings. The molecule has 6 nitrogen and oxygen atoms in total. The van der Waals surface area contributed by atoms with Crippen molar-refractivity contribution in [2.24, 2.45) is 10.4 Å². The average Bonchev–Trinajstić information content (AvgIpc) is 2.97. The van der Waals surface area contributed by atoms with E-state index in [1.165, 1.54) is 0 Å². The molecule has 6 heteroatoms. The molecule has 1 aliphatic heterocycles. The average molecular weight is 312 g/mol. The van der Waals surface area contributed by atoms with E-state index in [0.29, 0.717) is 12.5 Å². The molecule has 1 unspecified atom stereocenters. The van der Waals surface area contributed by atoms with Gasteiger partial charge in [0.15, 0.2) is 5.96 Å². The number of likely N-dealkylation sites (tertiary alicyclic amines) is 1. The normalized spacial score (nSPS) is 17.5. The van der Waals surface area contributed by atoms with Gasteiger partial charge < -0.3 is 20.3 Å². The first kappa shape index (κ1) is 18.7. The Labute approximate surface area is 134 Å². The van der Waals surface area contributed by atoms with E-state index >= 15 is 0 Å². The summed E-state index contributed by atoms with van der Waals surface area (Å²) < 4.78 is 5.53. The third-order valence-corrected chi connectivity index (χ3v) is 3.88. The van der Waals surface area contributed by atoms with E-state index in [4.69, 9.17) is 4.74 Å². The van der Waals surface area contributed by atoms with Gasteiger partial charge in [0.25, 0.3) is 0 Å². The first-order chi connectivity index (χ1) is 10.4. The van der Waals surface area contributed by atoms with E-state index in [1.807, 2.05) is 11.8 Å². The predicted octanol–water partition coefficient (Wildman–Crippen LogP) is 1.23. The van der Waals surface area contributed by atoms with Crippen molar-refractivity contribution in [3.63, 3.8) is 0 Å². The number of carbonyl (C=O) groups is 1. The molecule has 1 heterocycles. The zero-order chi connectivity index (χ0) is 16.6. The van der Waals surface area contributed by atoms with Gasteiger partial charge in [-0.2, -0.15) is 0 Å². The molecule has 0 aliphatic carbocycles. The van der Waals surface area contributed by atoms with E-state index in [-0.39, 0.29) is 24.0 Å². The molecule has 0 aromatic carbocycles. The second kappa shape index (κ2) is 8.98. The standard InChI is InChI=1S/C16H32N4O2/c1-6-17-15(18-11-13(22-5)16(2,3)4)19-12-14(21)20-9-7-8-10-20/h13H,6-12H2,1-5H3,(H2,17,18,19). The Morgan fingerprint density at radius 3 is 2.41 bits per heavy atom. The number of amides is 1. The fourth-order valence-electron chi connectivity index (χ4n) is 2.49. The highest BCUT2D eigenvalue weighted by Crippen LogP contribution is 2.20. The lowest BCUT2D eigenvalue weighted by Crippen LogP contribution is -2.45. The van der Waals surface area contributed by atoms with Crippen LogP contribution in [0.1, 0.15) is 40.5 Å². The van der Waals surface area contributed by atoms with Gasteiger partial charge in [0.2, 0.25) is 5.91 Å². The summed E-state index contributed by atoms with van der Waals surface area (Å²) in [5.41, 5.74) is 0.0461. The molecule has 0 spiro atoms. The van der Waals surface area contributed by atoms with Gasteiger partial charge in [0.05, 0.1) is 6.10 Å². The molecule has 2 N–H and O–H groups in total. The second-order valence-corrected chi connectivity index (χ2v) is 6.75. The maximum absolute atomic E-state index is 12.0. The third kappa shape index (κ3) is 6.22. The molecule has 0 saturated carbocycles. The Bertz CT molecular complexity index is 371. The van der Waals surface area contributed by atoms with Crippen LogP contribution in [-0.2, 0) is 9.53 Å². The van der Waals surface area contributed by atoms with E-state index in [2.05, 4.69) is 36.4 Å². The van der Waals surface area contributed by atoms with E-state index in [9.17, 15) is 4.79 Å². The molecule has 1 amide bonds. The lowest BCUT2D eigenvalue weighted by atomic mass is 9.89. The minimum Gasteiger partial charge on any atom is -0.379 e. The third-order valence-electron chi connectivity index (χ3n) is 3.88. The Morgan fingerprint density at radius 1 is 1.27 bits per heavy atom. The molecule has 1 aliphatic rings. The van der Waals surface area contributed by atoms with Gasteiger partial charge in [-0.25, -0.2) is 4.99 Å². The Morgan fingerprint density at radius 2 is 1.91 bits per heavy atom. The smallest absolute Gasteiger partial charge is 0.244 e. The minimum absolute atomic E-state index is 0.0461. The van der Waals surface area contributed by atoms with Crippen molar-refractivity contribution in [2.45, 2.75) is 46.6 Å². The number of hydrogen-bond acceptors (Lipinski definition) is 3. The number of guanidine groups is 1. The molecule has 128 valence electrons. The van der Waals surface area contributed by atoms with Gasteiger partial charge in [-0.05, 0) is 25.2 Å². The van der Waals surface area contributed by atoms with Crippen LogP contribution in [-0.4, -0.2) is 62.7 Å². The van der Waals surface area contributed by atoms with Crippen molar-refractivity contribution in [3.05, 3.63) is 0 Å². The highest BCUT2D eigenvalue weighted by Gasteiger charge is 2.24. The van der Waals surface area contributed by atoms with Crippen molar-refractivity contribution >= 4 is 11.9 Å². The molecule has 1 rings (SSSR count). The molecule has 1 fully saturated rings. The quantitative estimate of drug-likeness (QED) is 0.572. The van der Waals surface area contributed by atoms with Gasteiger partial charge in [0.1, 0.15) is 6.54 Å². The maximum atomic E-state index is 12.0. The molecule has 0 aromatic heterocycles. The summed E-state index contributed by atoms with van der Waals surface area (Å²) >= 11 is 0. The number of carbonyl (C=O) groups excluding carboxylic acids is 1. The van der Waals surface area contributed by atoms with Crippen molar-refractivity contribution in [1.29, 1.82) is 0 Å². The van der Waals surface area contributed by atoms with Gasteiger partial charge in [-0.3, -0.25) is 4.79 Å². The van der Waals surface area contributed by atoms with Crippen molar-refractivity contribution < 1.29 is 9.53 Å². The van der Waals surface area contributed by atoms with Crippen LogP contribution in [0.5, 0.6) is 0 Å². The van der Waals surface area contributed by atoms with Crippen molar-refractivity contribution in [3.8, 4) is 0 Å². The summed E-state index contributed by atoms with van der Waals surface area (Å²) in [5, 5.41) is 6.44. The van der Waals surface area contributed by atoms with Crippen LogP contribution in [0.3, 0.4) is 0 Å². The monoisotopic (exact) mass is 312 g/mol. The number of nitrogens with one attached hydrogen (secondary N) is 2. The number of nitrogens with zero attached hydrogens (tertiary/aromatic N) is 2. The van der Waals surface area contributed by atoms with E-state index in [0.717, 1.165) is 32.5 Å². The van der Waals surface area contributed by atoms with Gasteiger partial charge >= 0.3 is 0 Å². The number of rotatable bonds is 6. The minimum atomic E-state index is 0.0461. The maximum Gasteiger partial charge on any atom is 0.244 e. The molecule has 1 saturated heterocycles. The summed E-state index contributed by atoms with van der Waals surface area (Å²) in [6.45, 7) is 11.8. The van der Waals surface area contributed by atoms with Crippen LogP contribution in [0.2, 0.25) is 0 Å². The number of methoxy groups -OCH3 is 1. The largest absolute Gasteiger partial charge is 0.379 e. The topological polar surface area (TPSA) is 66.0 Å². The van der Waals surface area contributed by atoms with Crippen molar-refractivity contribution in [1.82, 2.24) is 15.5 Å². The summed E-state index contributed by atoms with van der Waals surface area (Å²) in [6.07, 6.45) is 2.29. The first-order valence-corrected chi connectivity index (χ1v) is 8.21. The predicted molar refractivity (Wildman–Crippen MR) is 90.0 cm³/mol. The molecule has 1 atom stereocenters. The zero-order valence-electron chi connectivity index (χ0n) is 14.7. The summed E-state index contributed by atoms with van der Waals surface area (Å²) in [6, 6.07) is 0. The summed E-state index contributed by atoms with van der Waals surface area (Å²) in [4.78, 5) is 18.3. The lowest BCUT2D eigenvalue weighted by molar-refractivity contribution is -0.128. The molecule has 22 heavy (non-hydrogen) atoms. The molecular weight excluding hydrogens is 280 g/mol. The van der Waals surface area contributed by atoms with E-state index < -0.39 is 0 Å². The van der Waals surface area contributed by atoms with Gasteiger partial charge in [-0.15, -0.1) is 0 Å². The van der Waals surface area contributed by atoms with Gasteiger partial charge in [-0.1, -0.05) is 20.8 Å². The Balaban J connectivity index is 2.52. The molecular formula is C16H32N4O2. The van der Waals surface area contributed by atoms with Crippen LogP contribution >= 0.6 is 0 Å².